The lowest BCUT2D eigenvalue weighted by atomic mass is 9.91. The summed E-state index contributed by atoms with van der Waals surface area (Å²) in [5.41, 5.74) is 0.0687. The van der Waals surface area contributed by atoms with Crippen molar-refractivity contribution in [2.75, 3.05) is 0 Å². The molecule has 1 aromatic heterocycles. The molecule has 1 aromatic rings. The predicted molar refractivity (Wildman–Crippen MR) is 74.7 cm³/mol. The van der Waals surface area contributed by atoms with Crippen molar-refractivity contribution in [1.82, 2.24) is 9.78 Å². The fraction of sp³-hybridized carbons (Fsp3) is 0.769. The molecule has 0 unspecified atom stereocenters. The van der Waals surface area contributed by atoms with Crippen molar-refractivity contribution in [1.29, 1.82) is 0 Å². The maximum absolute atomic E-state index is 11.3. The summed E-state index contributed by atoms with van der Waals surface area (Å²) in [5, 5.41) is 15.9. The fourth-order valence-corrected chi connectivity index (χ4v) is 2.97. The van der Waals surface area contributed by atoms with E-state index in [9.17, 15) is 10.1 Å². The minimum Gasteiger partial charge on any atom is -0.258 e. The molecule has 0 aliphatic heterocycles. The van der Waals surface area contributed by atoms with Gasteiger partial charge in [0, 0.05) is 5.41 Å². The molecule has 2 rings (SSSR count). The van der Waals surface area contributed by atoms with E-state index in [-0.39, 0.29) is 22.3 Å². The standard InChI is InChI=1S/C13H20ClN3O2/c1-13(2,3)11-10(17(18)19)12(14)16(15-11)9-7-5-4-6-8-9/h9H,4-8H2,1-3H3. The molecule has 1 fully saturated rings. The van der Waals surface area contributed by atoms with Crippen molar-refractivity contribution in [3.05, 3.63) is 21.0 Å². The first-order valence-corrected chi connectivity index (χ1v) is 7.13. The first-order valence-electron chi connectivity index (χ1n) is 6.75. The zero-order chi connectivity index (χ0) is 14.2. The van der Waals surface area contributed by atoms with Crippen LogP contribution in [0.1, 0.15) is 64.6 Å². The summed E-state index contributed by atoms with van der Waals surface area (Å²) in [7, 11) is 0. The van der Waals surface area contributed by atoms with E-state index in [1.54, 1.807) is 4.68 Å². The molecule has 6 heteroatoms. The molecule has 0 spiro atoms. The van der Waals surface area contributed by atoms with Gasteiger partial charge in [-0.15, -0.1) is 0 Å². The Bertz CT molecular complexity index is 485. The van der Waals surface area contributed by atoms with Crippen LogP contribution in [0.3, 0.4) is 0 Å². The summed E-state index contributed by atoms with van der Waals surface area (Å²) in [5.74, 6) is 0. The Morgan fingerprint density at radius 2 is 1.89 bits per heavy atom. The normalized spacial score (nSPS) is 17.7. The Morgan fingerprint density at radius 3 is 2.32 bits per heavy atom. The maximum atomic E-state index is 11.3. The Labute approximate surface area is 118 Å². The van der Waals surface area contributed by atoms with Gasteiger partial charge in [-0.25, -0.2) is 4.68 Å². The molecule has 19 heavy (non-hydrogen) atoms. The van der Waals surface area contributed by atoms with E-state index in [4.69, 9.17) is 11.6 Å². The van der Waals surface area contributed by atoms with Crippen LogP contribution in [0, 0.1) is 10.1 Å². The second-order valence-electron chi connectivity index (χ2n) is 6.23. The Morgan fingerprint density at radius 1 is 1.32 bits per heavy atom. The molecule has 1 saturated carbocycles. The van der Waals surface area contributed by atoms with E-state index in [0.29, 0.717) is 5.69 Å². The van der Waals surface area contributed by atoms with Crippen molar-refractivity contribution in [2.45, 2.75) is 64.3 Å². The summed E-state index contributed by atoms with van der Waals surface area (Å²) in [4.78, 5) is 10.8. The van der Waals surface area contributed by atoms with Crippen LogP contribution in [0.2, 0.25) is 5.15 Å². The van der Waals surface area contributed by atoms with Gasteiger partial charge in [0.25, 0.3) is 0 Å². The molecule has 106 valence electrons. The summed E-state index contributed by atoms with van der Waals surface area (Å²) in [6.07, 6.45) is 5.51. The summed E-state index contributed by atoms with van der Waals surface area (Å²) >= 11 is 6.22. The number of nitrogens with zero attached hydrogens (tertiary/aromatic N) is 3. The van der Waals surface area contributed by atoms with Crippen molar-refractivity contribution in [3.63, 3.8) is 0 Å². The van der Waals surface area contributed by atoms with E-state index in [2.05, 4.69) is 5.10 Å². The number of nitro groups is 1. The first-order chi connectivity index (χ1) is 8.82. The molecule has 0 bridgehead atoms. The van der Waals surface area contributed by atoms with E-state index in [1.807, 2.05) is 20.8 Å². The van der Waals surface area contributed by atoms with E-state index >= 15 is 0 Å². The Hall–Kier alpha value is -1.10. The fourth-order valence-electron chi connectivity index (χ4n) is 2.64. The molecule has 5 nitrogen and oxygen atoms in total. The third kappa shape index (κ3) is 2.76. The maximum Gasteiger partial charge on any atom is 0.329 e. The number of hydrogen-bond donors (Lipinski definition) is 0. The van der Waals surface area contributed by atoms with Crippen LogP contribution in [-0.4, -0.2) is 14.7 Å². The molecule has 0 radical (unpaired) electrons. The zero-order valence-electron chi connectivity index (χ0n) is 11.6. The predicted octanol–water partition coefficient (Wildman–Crippen LogP) is 4.25. The van der Waals surface area contributed by atoms with Crippen molar-refractivity contribution < 1.29 is 4.92 Å². The van der Waals surface area contributed by atoms with Crippen LogP contribution < -0.4 is 0 Å². The molecular formula is C13H20ClN3O2. The number of aromatic nitrogens is 2. The van der Waals surface area contributed by atoms with Crippen LogP contribution in [0.15, 0.2) is 0 Å². The van der Waals surface area contributed by atoms with Gasteiger partial charge in [0.1, 0.15) is 5.69 Å². The highest BCUT2D eigenvalue weighted by atomic mass is 35.5. The minimum absolute atomic E-state index is 0.0280. The van der Waals surface area contributed by atoms with Gasteiger partial charge in [0.05, 0.1) is 11.0 Å². The van der Waals surface area contributed by atoms with Gasteiger partial charge in [0.15, 0.2) is 0 Å². The highest BCUT2D eigenvalue weighted by Gasteiger charge is 2.35. The highest BCUT2D eigenvalue weighted by Crippen LogP contribution is 2.40. The molecule has 1 aliphatic carbocycles. The lowest BCUT2D eigenvalue weighted by Crippen LogP contribution is -2.17. The van der Waals surface area contributed by atoms with Crippen molar-refractivity contribution in [3.8, 4) is 0 Å². The van der Waals surface area contributed by atoms with Crippen LogP contribution >= 0.6 is 11.6 Å². The SMILES string of the molecule is CC(C)(C)c1nn(C2CCCCC2)c(Cl)c1[N+](=O)[O-]. The summed E-state index contributed by atoms with van der Waals surface area (Å²) in [6, 6.07) is 0.205. The van der Waals surface area contributed by atoms with Crippen LogP contribution in [0.5, 0.6) is 0 Å². The Balaban J connectivity index is 2.48. The average molecular weight is 286 g/mol. The summed E-state index contributed by atoms with van der Waals surface area (Å²) in [6.45, 7) is 5.76. The van der Waals surface area contributed by atoms with Crippen LogP contribution in [0.25, 0.3) is 0 Å². The van der Waals surface area contributed by atoms with Gasteiger partial charge in [0.2, 0.25) is 5.15 Å². The first kappa shape index (κ1) is 14.3. The van der Waals surface area contributed by atoms with Gasteiger partial charge < -0.3 is 0 Å². The topological polar surface area (TPSA) is 61.0 Å². The molecular weight excluding hydrogens is 266 g/mol. The van der Waals surface area contributed by atoms with Gasteiger partial charge in [-0.2, -0.15) is 5.10 Å². The molecule has 0 saturated heterocycles. The molecule has 0 aromatic carbocycles. The number of rotatable bonds is 2. The van der Waals surface area contributed by atoms with Crippen molar-refractivity contribution >= 4 is 17.3 Å². The zero-order valence-corrected chi connectivity index (χ0v) is 12.4. The van der Waals surface area contributed by atoms with Gasteiger partial charge in [-0.1, -0.05) is 51.6 Å². The molecule has 0 N–H and O–H groups in total. The quantitative estimate of drug-likeness (QED) is 0.603. The van der Waals surface area contributed by atoms with Gasteiger partial charge in [-0.3, -0.25) is 10.1 Å². The molecule has 1 aliphatic rings. The lowest BCUT2D eigenvalue weighted by molar-refractivity contribution is -0.385. The molecule has 0 amide bonds. The monoisotopic (exact) mass is 285 g/mol. The van der Waals surface area contributed by atoms with Crippen molar-refractivity contribution in [2.24, 2.45) is 0 Å². The van der Waals surface area contributed by atoms with Gasteiger partial charge >= 0.3 is 5.69 Å². The number of halogens is 1. The van der Waals surface area contributed by atoms with E-state index in [1.165, 1.54) is 6.42 Å². The highest BCUT2D eigenvalue weighted by molar-refractivity contribution is 6.31. The lowest BCUT2D eigenvalue weighted by Gasteiger charge is -2.22. The van der Waals surface area contributed by atoms with Crippen LogP contribution in [-0.2, 0) is 5.41 Å². The molecule has 0 atom stereocenters. The smallest absolute Gasteiger partial charge is 0.258 e. The largest absolute Gasteiger partial charge is 0.329 e. The second-order valence-corrected chi connectivity index (χ2v) is 6.59. The molecule has 1 heterocycles. The third-order valence-electron chi connectivity index (χ3n) is 3.64. The second kappa shape index (κ2) is 5.12. The Kier molecular flexibility index (Phi) is 3.85. The number of hydrogen-bond acceptors (Lipinski definition) is 3. The summed E-state index contributed by atoms with van der Waals surface area (Å²) < 4.78 is 1.68. The third-order valence-corrected chi connectivity index (χ3v) is 3.99. The van der Waals surface area contributed by atoms with Crippen LogP contribution in [0.4, 0.5) is 5.69 Å². The van der Waals surface area contributed by atoms with E-state index in [0.717, 1.165) is 25.7 Å². The average Bonchev–Trinajstić information content (AvgIpc) is 2.68. The van der Waals surface area contributed by atoms with Gasteiger partial charge in [-0.05, 0) is 12.8 Å². The van der Waals surface area contributed by atoms with E-state index < -0.39 is 4.92 Å². The minimum atomic E-state index is -0.407.